The number of carboxylic acids is 1. The van der Waals surface area contributed by atoms with Crippen molar-refractivity contribution in [3.63, 3.8) is 0 Å². The van der Waals surface area contributed by atoms with E-state index < -0.39 is 23.7 Å². The van der Waals surface area contributed by atoms with Crippen LogP contribution in [0.5, 0.6) is 0 Å². The molecule has 0 aromatic rings. The topological polar surface area (TPSA) is 84.9 Å². The number of methoxy groups -OCH3 is 1. The first-order valence-electron chi connectivity index (χ1n) is 8.64. The number of hydrogen-bond acceptors (Lipinski definition) is 4. The van der Waals surface area contributed by atoms with Gasteiger partial charge in [-0.15, -0.1) is 0 Å². The lowest BCUT2D eigenvalue weighted by atomic mass is 9.93. The zero-order valence-corrected chi connectivity index (χ0v) is 16.3. The summed E-state index contributed by atoms with van der Waals surface area (Å²) in [4.78, 5) is 23.0. The van der Waals surface area contributed by atoms with E-state index in [4.69, 9.17) is 9.47 Å². The number of aliphatic carboxylic acids is 1. The average molecular weight is 345 g/mol. The van der Waals surface area contributed by atoms with E-state index in [-0.39, 0.29) is 5.60 Å². The largest absolute Gasteiger partial charge is 0.480 e. The van der Waals surface area contributed by atoms with Gasteiger partial charge < -0.3 is 19.9 Å². The summed E-state index contributed by atoms with van der Waals surface area (Å²) in [7, 11) is 1.71. The molecule has 2 unspecified atom stereocenters. The Morgan fingerprint density at radius 3 is 2.12 bits per heavy atom. The quantitative estimate of drug-likeness (QED) is 0.625. The van der Waals surface area contributed by atoms with Gasteiger partial charge in [-0.3, -0.25) is 0 Å². The maximum absolute atomic E-state index is 11.7. The molecular formula is C18H35NO5. The molecule has 0 rings (SSSR count). The van der Waals surface area contributed by atoms with Gasteiger partial charge >= 0.3 is 12.1 Å². The van der Waals surface area contributed by atoms with Crippen LogP contribution in [-0.2, 0) is 14.3 Å². The molecule has 0 radical (unpaired) electrons. The minimum Gasteiger partial charge on any atom is -0.480 e. The van der Waals surface area contributed by atoms with Crippen molar-refractivity contribution >= 4 is 12.1 Å². The number of carbonyl (C=O) groups excluding carboxylic acids is 1. The van der Waals surface area contributed by atoms with Crippen LogP contribution in [0.15, 0.2) is 0 Å². The van der Waals surface area contributed by atoms with Crippen LogP contribution < -0.4 is 5.32 Å². The molecule has 0 saturated carbocycles. The number of ether oxygens (including phenoxy) is 2. The van der Waals surface area contributed by atoms with Crippen molar-refractivity contribution in [1.82, 2.24) is 5.32 Å². The van der Waals surface area contributed by atoms with Crippen LogP contribution in [0.1, 0.15) is 73.6 Å². The summed E-state index contributed by atoms with van der Waals surface area (Å²) in [6, 6.07) is -0.919. The molecule has 1 amide bonds. The standard InChI is InChI=1S/C18H35NO5/c1-13(9-8-12-18(5,6)23-7)10-11-14(15(20)21)19-16(22)24-17(2,3)4/h13-14H,8-12H2,1-7H3,(H,19,22)(H,20,21). The van der Waals surface area contributed by atoms with Crippen molar-refractivity contribution in [3.05, 3.63) is 0 Å². The Kier molecular flexibility index (Phi) is 9.33. The molecule has 2 atom stereocenters. The normalized spacial score (nSPS) is 14.8. The van der Waals surface area contributed by atoms with E-state index in [9.17, 15) is 14.7 Å². The number of nitrogens with one attached hydrogen (secondary N) is 1. The second kappa shape index (κ2) is 9.87. The van der Waals surface area contributed by atoms with E-state index in [0.717, 1.165) is 25.7 Å². The van der Waals surface area contributed by atoms with Crippen molar-refractivity contribution in [3.8, 4) is 0 Å². The highest BCUT2D eigenvalue weighted by Crippen LogP contribution is 2.21. The molecule has 0 aliphatic carbocycles. The van der Waals surface area contributed by atoms with Crippen molar-refractivity contribution in [1.29, 1.82) is 0 Å². The summed E-state index contributed by atoms with van der Waals surface area (Å²) in [6.07, 6.45) is 3.44. The third-order valence-electron chi connectivity index (χ3n) is 3.97. The fourth-order valence-electron chi connectivity index (χ4n) is 2.28. The van der Waals surface area contributed by atoms with Gasteiger partial charge in [0.2, 0.25) is 0 Å². The molecular weight excluding hydrogens is 310 g/mol. The number of carbonyl (C=O) groups is 2. The molecule has 2 N–H and O–H groups in total. The summed E-state index contributed by atoms with van der Waals surface area (Å²) in [5, 5.41) is 11.7. The number of carboxylic acid groups (broad SMARTS) is 1. The number of alkyl carbamates (subject to hydrolysis) is 1. The smallest absolute Gasteiger partial charge is 0.408 e. The Labute approximate surface area is 146 Å². The lowest BCUT2D eigenvalue weighted by Crippen LogP contribution is -2.43. The second-order valence-electron chi connectivity index (χ2n) is 8.08. The highest BCUT2D eigenvalue weighted by molar-refractivity contribution is 5.79. The van der Waals surface area contributed by atoms with Crippen LogP contribution in [-0.4, -0.2) is 41.5 Å². The molecule has 24 heavy (non-hydrogen) atoms. The van der Waals surface area contributed by atoms with Gasteiger partial charge in [0.1, 0.15) is 11.6 Å². The molecule has 0 aliphatic rings. The van der Waals surface area contributed by atoms with E-state index in [1.165, 1.54) is 0 Å². The Balaban J connectivity index is 4.25. The van der Waals surface area contributed by atoms with E-state index in [0.29, 0.717) is 12.3 Å². The number of rotatable bonds is 10. The van der Waals surface area contributed by atoms with Crippen molar-refractivity contribution in [2.75, 3.05) is 7.11 Å². The van der Waals surface area contributed by atoms with E-state index in [1.807, 2.05) is 0 Å². The molecule has 0 aromatic carbocycles. The summed E-state index contributed by atoms with van der Waals surface area (Å²) in [6.45, 7) is 11.4. The molecule has 0 aliphatic heterocycles. The average Bonchev–Trinajstić information content (AvgIpc) is 2.40. The molecule has 0 heterocycles. The molecule has 0 fully saturated rings. The maximum atomic E-state index is 11.7. The summed E-state index contributed by atoms with van der Waals surface area (Å²) in [5.74, 6) is -0.645. The number of amides is 1. The first-order chi connectivity index (χ1) is 10.9. The summed E-state index contributed by atoms with van der Waals surface area (Å²) < 4.78 is 10.5. The molecule has 0 aromatic heterocycles. The van der Waals surface area contributed by atoms with E-state index in [2.05, 4.69) is 26.1 Å². The SMILES string of the molecule is COC(C)(C)CCCC(C)CCC(NC(=O)OC(C)(C)C)C(=O)O. The first-order valence-corrected chi connectivity index (χ1v) is 8.64. The lowest BCUT2D eigenvalue weighted by Gasteiger charge is -2.24. The highest BCUT2D eigenvalue weighted by atomic mass is 16.6. The zero-order valence-electron chi connectivity index (χ0n) is 16.3. The summed E-state index contributed by atoms with van der Waals surface area (Å²) in [5.41, 5.74) is -0.768. The van der Waals surface area contributed by atoms with Gasteiger partial charge in [0, 0.05) is 7.11 Å². The van der Waals surface area contributed by atoms with Crippen molar-refractivity contribution < 1.29 is 24.2 Å². The molecule has 0 bridgehead atoms. The molecule has 0 spiro atoms. The van der Waals surface area contributed by atoms with Gasteiger partial charge in [-0.05, 0) is 59.8 Å². The van der Waals surface area contributed by atoms with Crippen LogP contribution >= 0.6 is 0 Å². The lowest BCUT2D eigenvalue weighted by molar-refractivity contribution is -0.139. The van der Waals surface area contributed by atoms with Gasteiger partial charge in [0.15, 0.2) is 0 Å². The zero-order chi connectivity index (χ0) is 19.0. The van der Waals surface area contributed by atoms with Crippen LogP contribution in [0.3, 0.4) is 0 Å². The van der Waals surface area contributed by atoms with Crippen LogP contribution in [0.4, 0.5) is 4.79 Å². The minimum absolute atomic E-state index is 0.123. The Morgan fingerprint density at radius 2 is 1.67 bits per heavy atom. The molecule has 6 heteroatoms. The van der Waals surface area contributed by atoms with Crippen LogP contribution in [0.2, 0.25) is 0 Å². The Morgan fingerprint density at radius 1 is 1.08 bits per heavy atom. The second-order valence-corrected chi connectivity index (χ2v) is 8.08. The monoisotopic (exact) mass is 345 g/mol. The first kappa shape index (κ1) is 22.7. The molecule has 0 saturated heterocycles. The Bertz CT molecular complexity index is 401. The van der Waals surface area contributed by atoms with Crippen molar-refractivity contribution in [2.24, 2.45) is 5.92 Å². The summed E-state index contributed by atoms with van der Waals surface area (Å²) >= 11 is 0. The van der Waals surface area contributed by atoms with Gasteiger partial charge in [-0.2, -0.15) is 0 Å². The predicted molar refractivity (Wildman–Crippen MR) is 94.1 cm³/mol. The minimum atomic E-state index is -1.03. The van der Waals surface area contributed by atoms with Crippen molar-refractivity contribution in [2.45, 2.75) is 90.9 Å². The third-order valence-corrected chi connectivity index (χ3v) is 3.97. The number of hydrogen-bond donors (Lipinski definition) is 2. The van der Waals surface area contributed by atoms with Gasteiger partial charge in [-0.1, -0.05) is 19.8 Å². The molecule has 6 nitrogen and oxygen atoms in total. The van der Waals surface area contributed by atoms with E-state index in [1.54, 1.807) is 27.9 Å². The van der Waals surface area contributed by atoms with Crippen LogP contribution in [0.25, 0.3) is 0 Å². The van der Waals surface area contributed by atoms with Crippen LogP contribution in [0, 0.1) is 5.92 Å². The maximum Gasteiger partial charge on any atom is 0.408 e. The van der Waals surface area contributed by atoms with Gasteiger partial charge in [0.25, 0.3) is 0 Å². The van der Waals surface area contributed by atoms with Gasteiger partial charge in [-0.25, -0.2) is 9.59 Å². The highest BCUT2D eigenvalue weighted by Gasteiger charge is 2.24. The fourth-order valence-corrected chi connectivity index (χ4v) is 2.28. The van der Waals surface area contributed by atoms with Gasteiger partial charge in [0.05, 0.1) is 5.60 Å². The predicted octanol–water partition coefficient (Wildman–Crippen LogP) is 3.98. The third kappa shape index (κ3) is 11.3. The molecule has 142 valence electrons. The fraction of sp³-hybridized carbons (Fsp3) is 0.889. The Hall–Kier alpha value is -1.30. The van der Waals surface area contributed by atoms with E-state index >= 15 is 0 Å².